The molecule has 2 N–H and O–H groups in total. The third-order valence-corrected chi connectivity index (χ3v) is 4.30. The van der Waals surface area contributed by atoms with Gasteiger partial charge in [0.2, 0.25) is 5.88 Å². The third-order valence-electron chi connectivity index (χ3n) is 4.30. The third kappa shape index (κ3) is 3.22. The zero-order valence-electron chi connectivity index (χ0n) is 13.1. The molecule has 6 heteroatoms. The largest absolute Gasteiger partial charge is 0.475 e. The van der Waals surface area contributed by atoms with E-state index in [1.165, 1.54) is 32.4 Å². The number of nitrogens with zero attached hydrogens (tertiary/aromatic N) is 3. The number of ether oxygens (including phenoxy) is 1. The van der Waals surface area contributed by atoms with E-state index in [0.717, 1.165) is 29.1 Å². The molecular formula is C17H21N5O. The molecule has 0 atom stereocenters. The van der Waals surface area contributed by atoms with Crippen molar-refractivity contribution in [1.82, 2.24) is 25.1 Å². The quantitative estimate of drug-likeness (QED) is 0.760. The Morgan fingerprint density at radius 2 is 2.00 bits per heavy atom. The second-order valence-corrected chi connectivity index (χ2v) is 5.97. The van der Waals surface area contributed by atoms with Crippen LogP contribution in [0, 0.1) is 0 Å². The number of fused-ring (bicyclic) bond motifs is 1. The van der Waals surface area contributed by atoms with Gasteiger partial charge in [-0.25, -0.2) is 4.98 Å². The van der Waals surface area contributed by atoms with Crippen LogP contribution < -0.4 is 4.74 Å². The number of para-hydroxylation sites is 2. The number of piperidine rings is 1. The number of hydrogen-bond acceptors (Lipinski definition) is 4. The van der Waals surface area contributed by atoms with E-state index >= 15 is 0 Å². The molecule has 1 aromatic carbocycles. The Bertz CT molecular complexity index is 739. The van der Waals surface area contributed by atoms with Gasteiger partial charge in [0.05, 0.1) is 11.0 Å². The molecule has 0 saturated carbocycles. The summed E-state index contributed by atoms with van der Waals surface area (Å²) in [5.41, 5.74) is 2.81. The standard InChI is InChI=1S/C17H21N5O/c1-4-8-22(9-5-1)10-11-23-16-12-15(20-21-16)17-18-13-6-2-3-7-14(13)19-17/h2-3,6-7,12H,1,4-5,8-11H2,(H,18,19)(H,20,21). The maximum Gasteiger partial charge on any atom is 0.233 e. The molecular weight excluding hydrogens is 290 g/mol. The Hall–Kier alpha value is -2.34. The molecule has 1 aliphatic rings. The molecule has 1 aliphatic heterocycles. The SMILES string of the molecule is c1ccc2[nH]c(-c3cc(OCCN4CCCCC4)n[nH]3)nc2c1. The number of H-pyrrole nitrogens is 2. The lowest BCUT2D eigenvalue weighted by atomic mass is 10.1. The van der Waals surface area contributed by atoms with E-state index in [4.69, 9.17) is 4.74 Å². The molecule has 0 spiro atoms. The Morgan fingerprint density at radius 3 is 2.87 bits per heavy atom. The summed E-state index contributed by atoms with van der Waals surface area (Å²) in [6, 6.07) is 9.87. The Kier molecular flexibility index (Phi) is 3.98. The van der Waals surface area contributed by atoms with E-state index in [0.29, 0.717) is 12.5 Å². The summed E-state index contributed by atoms with van der Waals surface area (Å²) in [4.78, 5) is 10.3. The van der Waals surface area contributed by atoms with Gasteiger partial charge in [0.1, 0.15) is 12.3 Å². The average Bonchev–Trinajstić information content (AvgIpc) is 3.22. The highest BCUT2D eigenvalue weighted by molar-refractivity contribution is 5.78. The van der Waals surface area contributed by atoms with Gasteiger partial charge in [-0.3, -0.25) is 10.00 Å². The second kappa shape index (κ2) is 6.42. The number of likely N-dealkylation sites (tertiary alicyclic amines) is 1. The first-order valence-electron chi connectivity index (χ1n) is 8.24. The molecule has 3 aromatic rings. The summed E-state index contributed by atoms with van der Waals surface area (Å²) < 4.78 is 5.76. The molecule has 0 radical (unpaired) electrons. The number of rotatable bonds is 5. The highest BCUT2D eigenvalue weighted by Crippen LogP contribution is 2.21. The van der Waals surface area contributed by atoms with E-state index < -0.39 is 0 Å². The van der Waals surface area contributed by atoms with Crippen molar-refractivity contribution < 1.29 is 4.74 Å². The van der Waals surface area contributed by atoms with Crippen molar-refractivity contribution in [2.24, 2.45) is 0 Å². The maximum absolute atomic E-state index is 5.76. The monoisotopic (exact) mass is 311 g/mol. The van der Waals surface area contributed by atoms with Crippen molar-refractivity contribution in [3.8, 4) is 17.4 Å². The summed E-state index contributed by atoms with van der Waals surface area (Å²) in [5.74, 6) is 1.40. The van der Waals surface area contributed by atoms with E-state index in [2.05, 4.69) is 25.1 Å². The minimum absolute atomic E-state index is 0.623. The fourth-order valence-electron chi connectivity index (χ4n) is 3.04. The number of imidazole rings is 1. The van der Waals surface area contributed by atoms with Crippen LogP contribution in [-0.4, -0.2) is 51.3 Å². The molecule has 1 fully saturated rings. The minimum Gasteiger partial charge on any atom is -0.475 e. The Labute approximate surface area is 134 Å². The van der Waals surface area contributed by atoms with Gasteiger partial charge >= 0.3 is 0 Å². The molecule has 1 saturated heterocycles. The normalized spacial score (nSPS) is 16.0. The maximum atomic E-state index is 5.76. The zero-order chi connectivity index (χ0) is 15.5. The number of hydrogen-bond donors (Lipinski definition) is 2. The van der Waals surface area contributed by atoms with E-state index in [9.17, 15) is 0 Å². The van der Waals surface area contributed by atoms with Gasteiger partial charge in [0.25, 0.3) is 0 Å². The molecule has 0 aliphatic carbocycles. The van der Waals surface area contributed by atoms with Crippen LogP contribution in [0.3, 0.4) is 0 Å². The average molecular weight is 311 g/mol. The van der Waals surface area contributed by atoms with Gasteiger partial charge in [-0.05, 0) is 38.1 Å². The lowest BCUT2D eigenvalue weighted by Crippen LogP contribution is -2.33. The van der Waals surface area contributed by atoms with E-state index in [1.54, 1.807) is 0 Å². The molecule has 0 unspecified atom stereocenters. The van der Waals surface area contributed by atoms with Crippen molar-refractivity contribution in [2.75, 3.05) is 26.2 Å². The van der Waals surface area contributed by atoms with Crippen LogP contribution >= 0.6 is 0 Å². The topological polar surface area (TPSA) is 69.8 Å². The highest BCUT2D eigenvalue weighted by atomic mass is 16.5. The molecule has 0 amide bonds. The number of aromatic amines is 2. The minimum atomic E-state index is 0.623. The predicted molar refractivity (Wildman–Crippen MR) is 89.5 cm³/mol. The summed E-state index contributed by atoms with van der Waals surface area (Å²) in [6.45, 7) is 4.01. The summed E-state index contributed by atoms with van der Waals surface area (Å²) >= 11 is 0. The molecule has 2 aromatic heterocycles. The molecule has 0 bridgehead atoms. The van der Waals surface area contributed by atoms with Gasteiger partial charge in [-0.2, -0.15) is 0 Å². The van der Waals surface area contributed by atoms with Gasteiger partial charge in [-0.1, -0.05) is 18.6 Å². The Morgan fingerprint density at radius 1 is 1.13 bits per heavy atom. The van der Waals surface area contributed by atoms with Crippen molar-refractivity contribution >= 4 is 11.0 Å². The van der Waals surface area contributed by atoms with Crippen LogP contribution in [0.25, 0.3) is 22.6 Å². The van der Waals surface area contributed by atoms with Crippen molar-refractivity contribution in [2.45, 2.75) is 19.3 Å². The van der Waals surface area contributed by atoms with Gasteiger partial charge in [0.15, 0.2) is 5.82 Å². The van der Waals surface area contributed by atoms with E-state index in [1.807, 2.05) is 30.3 Å². The van der Waals surface area contributed by atoms with Crippen LogP contribution in [0.1, 0.15) is 19.3 Å². The van der Waals surface area contributed by atoms with Gasteiger partial charge in [0, 0.05) is 12.6 Å². The van der Waals surface area contributed by atoms with Gasteiger partial charge in [-0.15, -0.1) is 5.10 Å². The number of nitrogens with one attached hydrogen (secondary N) is 2. The lowest BCUT2D eigenvalue weighted by Gasteiger charge is -2.25. The highest BCUT2D eigenvalue weighted by Gasteiger charge is 2.11. The predicted octanol–water partition coefficient (Wildman–Crippen LogP) is 2.82. The molecule has 120 valence electrons. The number of aromatic nitrogens is 4. The van der Waals surface area contributed by atoms with Crippen LogP contribution in [0.15, 0.2) is 30.3 Å². The molecule has 3 heterocycles. The fourth-order valence-corrected chi connectivity index (χ4v) is 3.04. The lowest BCUT2D eigenvalue weighted by molar-refractivity contribution is 0.180. The fraction of sp³-hybridized carbons (Fsp3) is 0.412. The van der Waals surface area contributed by atoms with Gasteiger partial charge < -0.3 is 9.72 Å². The second-order valence-electron chi connectivity index (χ2n) is 5.97. The summed E-state index contributed by atoms with van der Waals surface area (Å²) in [6.07, 6.45) is 3.97. The summed E-state index contributed by atoms with van der Waals surface area (Å²) in [7, 11) is 0. The first-order valence-corrected chi connectivity index (χ1v) is 8.24. The van der Waals surface area contributed by atoms with E-state index in [-0.39, 0.29) is 0 Å². The van der Waals surface area contributed by atoms with Crippen LogP contribution in [0.4, 0.5) is 0 Å². The summed E-state index contributed by atoms with van der Waals surface area (Å²) in [5, 5.41) is 7.21. The van der Waals surface area contributed by atoms with Crippen LogP contribution in [-0.2, 0) is 0 Å². The van der Waals surface area contributed by atoms with Crippen molar-refractivity contribution in [3.63, 3.8) is 0 Å². The number of benzene rings is 1. The smallest absolute Gasteiger partial charge is 0.233 e. The Balaban J connectivity index is 1.38. The first kappa shape index (κ1) is 14.3. The van der Waals surface area contributed by atoms with Crippen LogP contribution in [0.2, 0.25) is 0 Å². The molecule has 6 nitrogen and oxygen atoms in total. The first-order chi connectivity index (χ1) is 11.4. The van der Waals surface area contributed by atoms with Crippen molar-refractivity contribution in [1.29, 1.82) is 0 Å². The molecule has 23 heavy (non-hydrogen) atoms. The van der Waals surface area contributed by atoms with Crippen LogP contribution in [0.5, 0.6) is 5.88 Å². The van der Waals surface area contributed by atoms with Crippen molar-refractivity contribution in [3.05, 3.63) is 30.3 Å². The zero-order valence-corrected chi connectivity index (χ0v) is 13.1. The molecule has 4 rings (SSSR count).